The zero-order valence-corrected chi connectivity index (χ0v) is 12.8. The third-order valence-corrected chi connectivity index (χ3v) is 4.51. The van der Waals surface area contributed by atoms with Crippen molar-refractivity contribution in [3.05, 3.63) is 29.3 Å². The molecule has 2 aliphatic rings. The molecule has 1 aromatic carbocycles. The first-order valence-corrected chi connectivity index (χ1v) is 7.38. The van der Waals surface area contributed by atoms with Crippen molar-refractivity contribution in [2.24, 2.45) is 0 Å². The third-order valence-electron chi connectivity index (χ3n) is 4.51. The standard InChI is InChI=1S/C16H19N3O3/c1-16(2)12-9-11(3-4-13(12)17-15(16)22)14(21)19-7-5-18(10-20)6-8-19/h3-4,9-10H,5-8H2,1-2H3,(H,17,22). The Bertz CT molecular complexity index is 646. The van der Waals surface area contributed by atoms with E-state index in [0.29, 0.717) is 31.7 Å². The highest BCUT2D eigenvalue weighted by atomic mass is 16.2. The lowest BCUT2D eigenvalue weighted by molar-refractivity contribution is -0.120. The molecule has 1 fully saturated rings. The second-order valence-corrected chi connectivity index (χ2v) is 6.27. The molecule has 1 saturated heterocycles. The van der Waals surface area contributed by atoms with Gasteiger partial charge in [0.2, 0.25) is 12.3 Å². The average Bonchev–Trinajstić information content (AvgIpc) is 2.76. The number of rotatable bonds is 2. The van der Waals surface area contributed by atoms with Crippen LogP contribution in [0, 0.1) is 0 Å². The Kier molecular flexibility index (Phi) is 3.39. The van der Waals surface area contributed by atoms with Crippen molar-refractivity contribution in [3.8, 4) is 0 Å². The van der Waals surface area contributed by atoms with Crippen molar-refractivity contribution in [2.45, 2.75) is 19.3 Å². The summed E-state index contributed by atoms with van der Waals surface area (Å²) in [7, 11) is 0. The van der Waals surface area contributed by atoms with Gasteiger partial charge >= 0.3 is 0 Å². The average molecular weight is 301 g/mol. The Hall–Kier alpha value is -2.37. The Labute approximate surface area is 129 Å². The molecular formula is C16H19N3O3. The van der Waals surface area contributed by atoms with Gasteiger partial charge in [-0.05, 0) is 37.6 Å². The zero-order chi connectivity index (χ0) is 15.9. The molecule has 6 heteroatoms. The molecule has 2 aliphatic heterocycles. The number of nitrogens with zero attached hydrogens (tertiary/aromatic N) is 2. The molecule has 3 rings (SSSR count). The molecule has 0 spiro atoms. The van der Waals surface area contributed by atoms with E-state index in [4.69, 9.17) is 0 Å². The van der Waals surface area contributed by atoms with Crippen molar-refractivity contribution >= 4 is 23.9 Å². The number of piperazine rings is 1. The number of hydrogen-bond acceptors (Lipinski definition) is 3. The van der Waals surface area contributed by atoms with Gasteiger partial charge in [-0.1, -0.05) is 0 Å². The summed E-state index contributed by atoms with van der Waals surface area (Å²) in [6, 6.07) is 5.34. The maximum atomic E-state index is 12.6. The van der Waals surface area contributed by atoms with E-state index >= 15 is 0 Å². The maximum Gasteiger partial charge on any atom is 0.253 e. The fourth-order valence-electron chi connectivity index (χ4n) is 2.92. The van der Waals surface area contributed by atoms with Crippen LogP contribution in [0.3, 0.4) is 0 Å². The van der Waals surface area contributed by atoms with Crippen molar-refractivity contribution in [1.29, 1.82) is 0 Å². The molecule has 0 aromatic heterocycles. The fourth-order valence-corrected chi connectivity index (χ4v) is 2.92. The van der Waals surface area contributed by atoms with Gasteiger partial charge in [0.25, 0.3) is 5.91 Å². The normalized spacial score (nSPS) is 19.6. The van der Waals surface area contributed by atoms with Gasteiger partial charge in [0.05, 0.1) is 5.41 Å². The Morgan fingerprint density at radius 2 is 1.91 bits per heavy atom. The molecule has 0 aliphatic carbocycles. The minimum Gasteiger partial charge on any atom is -0.342 e. The molecule has 1 N–H and O–H groups in total. The fraction of sp³-hybridized carbons (Fsp3) is 0.438. The van der Waals surface area contributed by atoms with Crippen LogP contribution in [0.1, 0.15) is 29.8 Å². The highest BCUT2D eigenvalue weighted by molar-refractivity contribution is 6.07. The predicted molar refractivity (Wildman–Crippen MR) is 81.6 cm³/mol. The molecule has 0 radical (unpaired) electrons. The molecule has 22 heavy (non-hydrogen) atoms. The number of hydrogen-bond donors (Lipinski definition) is 1. The summed E-state index contributed by atoms with van der Waals surface area (Å²) in [6.45, 7) is 5.90. The molecule has 3 amide bonds. The maximum absolute atomic E-state index is 12.6. The first-order valence-electron chi connectivity index (χ1n) is 7.38. The van der Waals surface area contributed by atoms with Crippen LogP contribution in [0.15, 0.2) is 18.2 Å². The Morgan fingerprint density at radius 3 is 2.55 bits per heavy atom. The number of benzene rings is 1. The highest BCUT2D eigenvalue weighted by Gasteiger charge is 2.38. The van der Waals surface area contributed by atoms with Crippen LogP contribution < -0.4 is 5.32 Å². The summed E-state index contributed by atoms with van der Waals surface area (Å²) >= 11 is 0. The number of carbonyl (C=O) groups is 3. The van der Waals surface area contributed by atoms with E-state index in [0.717, 1.165) is 17.7 Å². The van der Waals surface area contributed by atoms with E-state index in [9.17, 15) is 14.4 Å². The van der Waals surface area contributed by atoms with Gasteiger partial charge in [-0.25, -0.2) is 0 Å². The number of anilines is 1. The molecule has 0 atom stereocenters. The van der Waals surface area contributed by atoms with Crippen molar-refractivity contribution in [1.82, 2.24) is 9.80 Å². The summed E-state index contributed by atoms with van der Waals surface area (Å²) in [5.74, 6) is -0.102. The van der Waals surface area contributed by atoms with E-state index in [-0.39, 0.29) is 11.8 Å². The van der Waals surface area contributed by atoms with Crippen LogP contribution in [-0.2, 0) is 15.0 Å². The summed E-state index contributed by atoms with van der Waals surface area (Å²) in [5.41, 5.74) is 1.59. The van der Waals surface area contributed by atoms with Crippen LogP contribution in [-0.4, -0.2) is 54.2 Å². The third kappa shape index (κ3) is 2.24. The molecule has 0 saturated carbocycles. The van der Waals surface area contributed by atoms with Gasteiger partial charge in [-0.2, -0.15) is 0 Å². The molecule has 2 heterocycles. The van der Waals surface area contributed by atoms with Gasteiger partial charge in [0.1, 0.15) is 0 Å². The topological polar surface area (TPSA) is 69.7 Å². The quantitative estimate of drug-likeness (QED) is 0.823. The monoisotopic (exact) mass is 301 g/mol. The van der Waals surface area contributed by atoms with Gasteiger partial charge < -0.3 is 15.1 Å². The van der Waals surface area contributed by atoms with Gasteiger partial charge in [-0.3, -0.25) is 14.4 Å². The second-order valence-electron chi connectivity index (χ2n) is 6.27. The number of amides is 3. The smallest absolute Gasteiger partial charge is 0.253 e. The Morgan fingerprint density at radius 1 is 1.23 bits per heavy atom. The minimum atomic E-state index is -0.623. The summed E-state index contributed by atoms with van der Waals surface area (Å²) in [5, 5.41) is 2.84. The van der Waals surface area contributed by atoms with Crippen LogP contribution in [0.25, 0.3) is 0 Å². The SMILES string of the molecule is CC1(C)C(=O)Nc2ccc(C(=O)N3CCN(C=O)CC3)cc21. The van der Waals surface area contributed by atoms with Crippen LogP contribution in [0.5, 0.6) is 0 Å². The van der Waals surface area contributed by atoms with Crippen molar-refractivity contribution < 1.29 is 14.4 Å². The first kappa shape index (κ1) is 14.6. The van der Waals surface area contributed by atoms with E-state index in [1.54, 1.807) is 21.9 Å². The summed E-state index contributed by atoms with van der Waals surface area (Å²) in [6.07, 6.45) is 0.816. The molecule has 116 valence electrons. The minimum absolute atomic E-state index is 0.0494. The van der Waals surface area contributed by atoms with E-state index in [1.807, 2.05) is 19.9 Å². The molecule has 1 aromatic rings. The lowest BCUT2D eigenvalue weighted by Crippen LogP contribution is -2.48. The first-order chi connectivity index (χ1) is 10.4. The van der Waals surface area contributed by atoms with E-state index in [2.05, 4.69) is 5.32 Å². The van der Waals surface area contributed by atoms with Gasteiger partial charge in [-0.15, -0.1) is 0 Å². The Balaban J connectivity index is 1.82. The number of nitrogens with one attached hydrogen (secondary N) is 1. The lowest BCUT2D eigenvalue weighted by atomic mass is 9.85. The highest BCUT2D eigenvalue weighted by Crippen LogP contribution is 2.37. The van der Waals surface area contributed by atoms with E-state index in [1.165, 1.54) is 0 Å². The van der Waals surface area contributed by atoms with Crippen molar-refractivity contribution in [3.63, 3.8) is 0 Å². The van der Waals surface area contributed by atoms with Crippen LogP contribution in [0.4, 0.5) is 5.69 Å². The second kappa shape index (κ2) is 5.12. The summed E-state index contributed by atoms with van der Waals surface area (Å²) in [4.78, 5) is 38.7. The number of fused-ring (bicyclic) bond motifs is 1. The zero-order valence-electron chi connectivity index (χ0n) is 12.8. The summed E-state index contributed by atoms with van der Waals surface area (Å²) < 4.78 is 0. The molecule has 6 nitrogen and oxygen atoms in total. The van der Waals surface area contributed by atoms with Gasteiger partial charge in [0.15, 0.2) is 0 Å². The molecular weight excluding hydrogens is 282 g/mol. The van der Waals surface area contributed by atoms with Crippen LogP contribution in [0.2, 0.25) is 0 Å². The molecule has 0 unspecified atom stereocenters. The largest absolute Gasteiger partial charge is 0.342 e. The molecule has 0 bridgehead atoms. The number of carbonyl (C=O) groups excluding carboxylic acids is 3. The van der Waals surface area contributed by atoms with E-state index < -0.39 is 5.41 Å². The predicted octanol–water partition coefficient (Wildman–Crippen LogP) is 0.830. The lowest BCUT2D eigenvalue weighted by Gasteiger charge is -2.32. The van der Waals surface area contributed by atoms with Crippen LogP contribution >= 0.6 is 0 Å². The van der Waals surface area contributed by atoms with Crippen molar-refractivity contribution in [2.75, 3.05) is 31.5 Å². The van der Waals surface area contributed by atoms with Gasteiger partial charge in [0, 0.05) is 37.4 Å².